The number of nitrogens with one attached hydrogen (secondary N) is 1. The minimum Gasteiger partial charge on any atom is -0.478 e. The van der Waals surface area contributed by atoms with Gasteiger partial charge in [-0.25, -0.2) is 14.8 Å². The van der Waals surface area contributed by atoms with Gasteiger partial charge in [0.15, 0.2) is 0 Å². The molecule has 2 rings (SSSR count). The van der Waals surface area contributed by atoms with Crippen LogP contribution in [0.3, 0.4) is 0 Å². The number of aryl methyl sites for hydroxylation is 1. The Kier molecular flexibility index (Phi) is 4.75. The molecular formula is C17H21N3O2. The first-order valence-corrected chi connectivity index (χ1v) is 7.40. The molecule has 0 amide bonds. The van der Waals surface area contributed by atoms with Gasteiger partial charge in [-0.1, -0.05) is 20.8 Å². The number of aromatic nitrogens is 2. The number of benzene rings is 1. The molecule has 0 atom stereocenters. The molecule has 2 aromatic rings. The van der Waals surface area contributed by atoms with Crippen molar-refractivity contribution in [1.29, 1.82) is 0 Å². The van der Waals surface area contributed by atoms with E-state index in [0.29, 0.717) is 0 Å². The quantitative estimate of drug-likeness (QED) is 0.875. The van der Waals surface area contributed by atoms with Gasteiger partial charge >= 0.3 is 5.97 Å². The van der Waals surface area contributed by atoms with Crippen molar-refractivity contribution in [1.82, 2.24) is 9.97 Å². The molecule has 0 saturated heterocycles. The summed E-state index contributed by atoms with van der Waals surface area (Å²) >= 11 is 0. The Labute approximate surface area is 130 Å². The highest BCUT2D eigenvalue weighted by molar-refractivity contribution is 5.88. The third-order valence-corrected chi connectivity index (χ3v) is 3.50. The van der Waals surface area contributed by atoms with E-state index >= 15 is 0 Å². The monoisotopic (exact) mass is 299 g/mol. The largest absolute Gasteiger partial charge is 0.478 e. The lowest BCUT2D eigenvalue weighted by atomic mass is 10.1. The smallest absolute Gasteiger partial charge is 0.335 e. The van der Waals surface area contributed by atoms with Gasteiger partial charge in [-0.3, -0.25) is 0 Å². The fraction of sp³-hybridized carbons (Fsp3) is 0.353. The number of carbonyl (C=O) groups is 1. The molecule has 116 valence electrons. The van der Waals surface area contributed by atoms with Crippen LogP contribution in [-0.4, -0.2) is 21.0 Å². The third-order valence-electron chi connectivity index (χ3n) is 3.50. The normalized spacial score (nSPS) is 10.8. The molecule has 0 aliphatic carbocycles. The van der Waals surface area contributed by atoms with Crippen LogP contribution in [0.25, 0.3) is 0 Å². The highest BCUT2D eigenvalue weighted by Gasteiger charge is 2.13. The van der Waals surface area contributed by atoms with Crippen LogP contribution in [0.5, 0.6) is 0 Å². The molecule has 1 aromatic heterocycles. The number of nitrogens with zero attached hydrogens (tertiary/aromatic N) is 2. The first-order chi connectivity index (χ1) is 10.4. The summed E-state index contributed by atoms with van der Waals surface area (Å²) in [6, 6.07) is 6.64. The first-order valence-electron chi connectivity index (χ1n) is 7.40. The van der Waals surface area contributed by atoms with Crippen LogP contribution in [0, 0.1) is 6.92 Å². The summed E-state index contributed by atoms with van der Waals surface area (Å²) in [5.74, 6) is 0.918. The zero-order valence-corrected chi connectivity index (χ0v) is 13.3. The van der Waals surface area contributed by atoms with Crippen molar-refractivity contribution in [2.45, 2.75) is 40.0 Å². The van der Waals surface area contributed by atoms with Gasteiger partial charge in [0.1, 0.15) is 11.6 Å². The van der Waals surface area contributed by atoms with Crippen molar-refractivity contribution in [3.63, 3.8) is 0 Å². The molecule has 0 radical (unpaired) electrons. The molecule has 5 nitrogen and oxygen atoms in total. The van der Waals surface area contributed by atoms with E-state index < -0.39 is 5.97 Å². The molecule has 0 bridgehead atoms. The van der Waals surface area contributed by atoms with Crippen LogP contribution >= 0.6 is 0 Å². The Bertz CT molecular complexity index is 679. The Balaban J connectivity index is 2.36. The van der Waals surface area contributed by atoms with Crippen molar-refractivity contribution < 1.29 is 9.90 Å². The Hall–Kier alpha value is -2.43. The molecule has 1 heterocycles. The summed E-state index contributed by atoms with van der Waals surface area (Å²) in [7, 11) is 0. The number of hydrogen-bond donors (Lipinski definition) is 2. The van der Waals surface area contributed by atoms with Gasteiger partial charge in [0.25, 0.3) is 0 Å². The molecule has 5 heteroatoms. The maximum Gasteiger partial charge on any atom is 0.335 e. The molecule has 0 unspecified atom stereocenters. The van der Waals surface area contributed by atoms with E-state index in [0.717, 1.165) is 35.0 Å². The fourth-order valence-electron chi connectivity index (χ4n) is 2.24. The Morgan fingerprint density at radius 1 is 1.23 bits per heavy atom. The number of aromatic carboxylic acids is 1. The van der Waals surface area contributed by atoms with E-state index in [-0.39, 0.29) is 11.5 Å². The van der Waals surface area contributed by atoms with E-state index in [9.17, 15) is 4.79 Å². The van der Waals surface area contributed by atoms with Gasteiger partial charge in [-0.15, -0.1) is 0 Å². The molecule has 1 aromatic carbocycles. The molecule has 0 aliphatic heterocycles. The number of hydrogen-bond acceptors (Lipinski definition) is 4. The maximum atomic E-state index is 10.9. The third kappa shape index (κ3) is 3.42. The number of carboxylic acids is 1. The van der Waals surface area contributed by atoms with Crippen molar-refractivity contribution in [2.75, 3.05) is 5.32 Å². The Morgan fingerprint density at radius 2 is 1.86 bits per heavy atom. The number of anilines is 2. The van der Waals surface area contributed by atoms with Crippen molar-refractivity contribution >= 4 is 17.5 Å². The van der Waals surface area contributed by atoms with Gasteiger partial charge in [0.2, 0.25) is 0 Å². The topological polar surface area (TPSA) is 75.1 Å². The lowest BCUT2D eigenvalue weighted by Crippen LogP contribution is -2.08. The van der Waals surface area contributed by atoms with Crippen LogP contribution in [0.1, 0.15) is 54.1 Å². The van der Waals surface area contributed by atoms with Crippen LogP contribution in [0.15, 0.2) is 24.3 Å². The van der Waals surface area contributed by atoms with E-state index in [4.69, 9.17) is 5.11 Å². The van der Waals surface area contributed by atoms with Gasteiger partial charge in [-0.2, -0.15) is 0 Å². The van der Waals surface area contributed by atoms with Crippen molar-refractivity contribution in [2.24, 2.45) is 0 Å². The van der Waals surface area contributed by atoms with Gasteiger partial charge in [-0.05, 0) is 37.6 Å². The summed E-state index contributed by atoms with van der Waals surface area (Å²) in [4.78, 5) is 20.1. The van der Waals surface area contributed by atoms with E-state index in [1.54, 1.807) is 24.3 Å². The minimum atomic E-state index is -0.930. The zero-order chi connectivity index (χ0) is 16.3. The maximum absolute atomic E-state index is 10.9. The molecule has 0 saturated carbocycles. The second kappa shape index (κ2) is 6.56. The van der Waals surface area contributed by atoms with Crippen molar-refractivity contribution in [3.05, 3.63) is 46.9 Å². The molecule has 0 fully saturated rings. The van der Waals surface area contributed by atoms with Crippen LogP contribution in [0.2, 0.25) is 0 Å². The van der Waals surface area contributed by atoms with E-state index in [1.165, 1.54) is 0 Å². The fourth-order valence-corrected chi connectivity index (χ4v) is 2.24. The molecule has 22 heavy (non-hydrogen) atoms. The molecule has 2 N–H and O–H groups in total. The summed E-state index contributed by atoms with van der Waals surface area (Å²) < 4.78 is 0. The average Bonchev–Trinajstić information content (AvgIpc) is 2.47. The molecular weight excluding hydrogens is 278 g/mol. The number of rotatable bonds is 5. The van der Waals surface area contributed by atoms with E-state index in [1.807, 2.05) is 6.92 Å². The summed E-state index contributed by atoms with van der Waals surface area (Å²) in [6.07, 6.45) is 0.833. The summed E-state index contributed by atoms with van der Waals surface area (Å²) in [5, 5.41) is 12.2. The summed E-state index contributed by atoms with van der Waals surface area (Å²) in [5.41, 5.74) is 3.13. The van der Waals surface area contributed by atoms with Crippen LogP contribution in [-0.2, 0) is 6.42 Å². The van der Waals surface area contributed by atoms with Gasteiger partial charge in [0, 0.05) is 22.9 Å². The van der Waals surface area contributed by atoms with E-state index in [2.05, 4.69) is 36.1 Å². The van der Waals surface area contributed by atoms with Crippen LogP contribution in [0.4, 0.5) is 11.5 Å². The second-order valence-electron chi connectivity index (χ2n) is 5.51. The number of carboxylic acid groups (broad SMARTS) is 1. The highest BCUT2D eigenvalue weighted by atomic mass is 16.4. The summed E-state index contributed by atoms with van der Waals surface area (Å²) in [6.45, 7) is 8.18. The predicted octanol–water partition coefficient (Wildman–Crippen LogP) is 3.91. The van der Waals surface area contributed by atoms with Crippen LogP contribution < -0.4 is 5.32 Å². The molecule has 0 aliphatic rings. The lowest BCUT2D eigenvalue weighted by molar-refractivity contribution is 0.0697. The second-order valence-corrected chi connectivity index (χ2v) is 5.51. The predicted molar refractivity (Wildman–Crippen MR) is 86.9 cm³/mol. The van der Waals surface area contributed by atoms with Gasteiger partial charge < -0.3 is 10.4 Å². The average molecular weight is 299 g/mol. The first kappa shape index (κ1) is 15.9. The SMILES string of the molecule is CCc1c(C)nc(C(C)C)nc1Nc1ccc(C(=O)O)cc1. The van der Waals surface area contributed by atoms with Gasteiger partial charge in [0.05, 0.1) is 5.56 Å². The molecule has 0 spiro atoms. The highest BCUT2D eigenvalue weighted by Crippen LogP contribution is 2.24. The minimum absolute atomic E-state index is 0.250. The Morgan fingerprint density at radius 3 is 2.36 bits per heavy atom. The lowest BCUT2D eigenvalue weighted by Gasteiger charge is -2.15. The van der Waals surface area contributed by atoms with Crippen molar-refractivity contribution in [3.8, 4) is 0 Å². The standard InChI is InChI=1S/C17H21N3O2/c1-5-14-11(4)18-15(10(2)3)20-16(14)19-13-8-6-12(7-9-13)17(21)22/h6-10H,5H2,1-4H3,(H,21,22)(H,18,19,20). The zero-order valence-electron chi connectivity index (χ0n) is 13.3.